The number of hydrogen-bond acceptors (Lipinski definition) is 1. The van der Waals surface area contributed by atoms with Gasteiger partial charge in [-0.3, -0.25) is 0 Å². The molecule has 0 aliphatic rings. The Kier molecular flexibility index (Phi) is 66.5. The third-order valence-electron chi connectivity index (χ3n) is 0. The van der Waals surface area contributed by atoms with E-state index in [1.54, 1.807) is 0 Å². The van der Waals surface area contributed by atoms with Crippen molar-refractivity contribution in [3.8, 4) is 0 Å². The third-order valence-corrected chi connectivity index (χ3v) is 0. The average Bonchev–Trinajstić information content (AvgIpc) is 1.00. The Balaban J connectivity index is -0.00000000500. The third kappa shape index (κ3) is 8.86. The molecule has 0 heterocycles. The molecule has 1 nitrogen and oxygen atoms in total. The summed E-state index contributed by atoms with van der Waals surface area (Å²) in [6, 6.07) is 0. The van der Waals surface area contributed by atoms with Crippen LogP contribution in [-0.2, 0) is 24.3 Å². The van der Waals surface area contributed by atoms with Crippen LogP contribution in [0, 0.1) is 0 Å². The second-order valence-electron chi connectivity index (χ2n) is 0. The van der Waals surface area contributed by atoms with Crippen molar-refractivity contribution in [2.75, 3.05) is 0 Å². The molecule has 0 aliphatic carbocycles. The van der Waals surface area contributed by atoms with Gasteiger partial charge in [0.25, 0.3) is 0 Å². The van der Waals surface area contributed by atoms with Crippen LogP contribution in [-0.4, -0.2) is 71.7 Å². The van der Waals surface area contributed by atoms with Gasteiger partial charge < -0.3 is 0 Å². The van der Waals surface area contributed by atoms with E-state index < -0.39 is 0 Å². The molecule has 0 unspecified atom stereocenters. The summed E-state index contributed by atoms with van der Waals surface area (Å²) in [5, 5.41) is 0. The van der Waals surface area contributed by atoms with E-state index in [1.807, 2.05) is 0 Å². The first kappa shape index (κ1) is 15.8. The molecule has 0 aromatic heterocycles. The summed E-state index contributed by atoms with van der Waals surface area (Å²) in [6.07, 6.45) is 0. The van der Waals surface area contributed by atoms with E-state index in [-0.39, 0.29) is 92.7 Å². The van der Waals surface area contributed by atoms with E-state index in [2.05, 4.69) is 0 Å². The second-order valence-corrected chi connectivity index (χ2v) is 0. The fraction of sp³-hybridized carbons (Fsp3) is 0. The summed E-state index contributed by atoms with van der Waals surface area (Å²) in [5.74, 6) is 0. The minimum atomic E-state index is 0. The fourth-order valence-corrected chi connectivity index (χ4v) is 0. The molecular weight excluding hydrogens is 494 g/mol. The van der Waals surface area contributed by atoms with Crippen molar-refractivity contribution in [1.82, 2.24) is 0 Å². The Hall–Kier alpha value is 2.90. The molecule has 0 amide bonds. The predicted molar refractivity (Wildman–Crippen MR) is 19.2 cm³/mol. The Morgan fingerprint density at radius 3 is 1.25 bits per heavy atom. The van der Waals surface area contributed by atoms with Crippen molar-refractivity contribution in [1.29, 1.82) is 0 Å². The van der Waals surface area contributed by atoms with Crippen molar-refractivity contribution < 1.29 is 24.3 Å². The van der Waals surface area contributed by atoms with Gasteiger partial charge in [-0.25, -0.2) is 0 Å². The van der Waals surface area contributed by atoms with Crippen molar-refractivity contribution in [3.63, 3.8) is 0 Å². The molecule has 0 radical (unpaired) electrons. The van der Waals surface area contributed by atoms with Gasteiger partial charge in [-0.2, -0.15) is 0 Å². The van der Waals surface area contributed by atoms with Crippen LogP contribution in [0.25, 0.3) is 0 Å². The van der Waals surface area contributed by atoms with Crippen LogP contribution >= 0.6 is 0 Å². The van der Waals surface area contributed by atoms with Gasteiger partial charge in [-0.15, -0.1) is 0 Å². The molecule has 4 heteroatoms. The molecule has 0 fully saturated rings. The zero-order valence-electron chi connectivity index (χ0n) is 1.56. The van der Waals surface area contributed by atoms with Crippen molar-refractivity contribution in [2.24, 2.45) is 0 Å². The van der Waals surface area contributed by atoms with Crippen LogP contribution in [0.5, 0.6) is 0 Å². The average molecular weight is 499 g/mol. The van der Waals surface area contributed by atoms with Crippen molar-refractivity contribution in [3.05, 3.63) is 0 Å². The monoisotopic (exact) mass is 499 g/mol. The Labute approximate surface area is 93.6 Å². The summed E-state index contributed by atoms with van der Waals surface area (Å²) >= 11 is 0.194. The van der Waals surface area contributed by atoms with Gasteiger partial charge in [0.05, 0.1) is 0 Å². The fourth-order valence-electron chi connectivity index (χ4n) is 0. The standard InChI is InChI=1S/Bi.O.Sr.Ta.5H. The molecule has 0 N–H and O–H groups in total. The molecule has 0 aromatic carbocycles. The molecule has 4 heavy (non-hydrogen) atoms. The van der Waals surface area contributed by atoms with Crippen molar-refractivity contribution in [2.45, 2.75) is 0 Å². The molecule has 0 spiro atoms. The Morgan fingerprint density at radius 1 is 1.25 bits per heavy atom. The molecule has 0 saturated heterocycles. The molecule has 0 saturated carbocycles. The maximum absolute atomic E-state index is 8.36. The van der Waals surface area contributed by atoms with Gasteiger partial charge in [0.15, 0.2) is 0 Å². The first-order chi connectivity index (χ1) is 1.00. The predicted octanol–water partition coefficient (Wildman–Crippen LogP) is -2.22. The van der Waals surface area contributed by atoms with Crippen molar-refractivity contribution >= 4 is 71.7 Å². The molecular formula is H5BiOSrTa. The van der Waals surface area contributed by atoms with Gasteiger partial charge in [0.1, 0.15) is 0 Å². The topological polar surface area (TPSA) is 17.1 Å². The summed E-state index contributed by atoms with van der Waals surface area (Å²) in [5.41, 5.74) is 0. The zero-order valence-corrected chi connectivity index (χ0v) is 10.3. The SMILES string of the molecule is [BiH3].[O]=[Ta].[SrH2]. The van der Waals surface area contributed by atoms with Crippen LogP contribution in [0.3, 0.4) is 0 Å². The van der Waals surface area contributed by atoms with Crippen LogP contribution in [0.15, 0.2) is 0 Å². The minimum absolute atomic E-state index is 0. The molecule has 0 aliphatic heterocycles. The number of rotatable bonds is 0. The molecule has 0 rings (SSSR count). The van der Waals surface area contributed by atoms with Gasteiger partial charge >= 0.3 is 96.0 Å². The van der Waals surface area contributed by atoms with E-state index in [9.17, 15) is 0 Å². The van der Waals surface area contributed by atoms with Gasteiger partial charge in [-0.05, 0) is 0 Å². The van der Waals surface area contributed by atoms with E-state index in [1.165, 1.54) is 0 Å². The molecule has 23 valence electrons. The van der Waals surface area contributed by atoms with Crippen LogP contribution in [0.4, 0.5) is 0 Å². The quantitative estimate of drug-likeness (QED) is 0.346. The zero-order chi connectivity index (χ0) is 2.00. The van der Waals surface area contributed by atoms with E-state index in [0.29, 0.717) is 0 Å². The van der Waals surface area contributed by atoms with Gasteiger partial charge in [0, 0.05) is 0 Å². The Morgan fingerprint density at radius 2 is 1.25 bits per heavy atom. The molecule has 0 bridgehead atoms. The van der Waals surface area contributed by atoms with Gasteiger partial charge in [-0.1, -0.05) is 0 Å². The van der Waals surface area contributed by atoms with E-state index in [0.717, 1.165) is 0 Å². The first-order valence-corrected chi connectivity index (χ1v) is 1.49. The van der Waals surface area contributed by atoms with Crippen LogP contribution in [0.2, 0.25) is 0 Å². The van der Waals surface area contributed by atoms with E-state index in [4.69, 9.17) is 3.25 Å². The second kappa shape index (κ2) is 16.8. The summed E-state index contributed by atoms with van der Waals surface area (Å²) in [7, 11) is 0. The maximum atomic E-state index is 8.36. The Bertz CT molecular complexity index is 8.00. The first-order valence-electron chi connectivity index (χ1n) is 0.183. The van der Waals surface area contributed by atoms with Crippen LogP contribution < -0.4 is 0 Å². The number of hydrogen-bond donors (Lipinski definition) is 0. The summed E-state index contributed by atoms with van der Waals surface area (Å²) in [4.78, 5) is 0. The van der Waals surface area contributed by atoms with Crippen LogP contribution in [0.1, 0.15) is 0 Å². The van der Waals surface area contributed by atoms with E-state index >= 15 is 0 Å². The summed E-state index contributed by atoms with van der Waals surface area (Å²) in [6.45, 7) is 0. The summed E-state index contributed by atoms with van der Waals surface area (Å²) < 4.78 is 8.36. The molecule has 0 aromatic rings. The molecule has 0 atom stereocenters. The normalized spacial score (nSPS) is 0.750. The van der Waals surface area contributed by atoms with Gasteiger partial charge in [0.2, 0.25) is 0 Å².